The quantitative estimate of drug-likeness (QED) is 0.805. The molecule has 24 heavy (non-hydrogen) atoms. The number of aryl methyl sites for hydroxylation is 1. The Bertz CT molecular complexity index is 937. The Labute approximate surface area is 141 Å². The average Bonchev–Trinajstić information content (AvgIpc) is 2.53. The van der Waals surface area contributed by atoms with E-state index in [1.807, 2.05) is 5.43 Å². The molecule has 0 unspecified atom stereocenters. The number of nitrogens with zero attached hydrogens (tertiary/aromatic N) is 1. The van der Waals surface area contributed by atoms with Crippen molar-refractivity contribution in [1.29, 1.82) is 0 Å². The van der Waals surface area contributed by atoms with Crippen LogP contribution in [0.5, 0.6) is 0 Å². The third kappa shape index (κ3) is 3.64. The van der Waals surface area contributed by atoms with E-state index >= 15 is 0 Å². The SMILES string of the molecule is CC(=O)NN(S(=O)(=O)c1ccccc1)S(=O)(=O)c1ccc(C)cc1. The number of sulfonamides is 2. The Kier molecular flexibility index (Phi) is 5.07. The van der Waals surface area contributed by atoms with Gasteiger partial charge in [0.15, 0.2) is 0 Å². The molecule has 0 radical (unpaired) electrons. The number of hydrogen-bond acceptors (Lipinski definition) is 5. The van der Waals surface area contributed by atoms with Gasteiger partial charge in [0.25, 0.3) is 20.0 Å². The van der Waals surface area contributed by atoms with Crippen molar-refractivity contribution >= 4 is 26.0 Å². The molecule has 9 heteroatoms. The summed E-state index contributed by atoms with van der Waals surface area (Å²) < 4.78 is 50.8. The van der Waals surface area contributed by atoms with E-state index in [0.717, 1.165) is 12.5 Å². The first kappa shape index (κ1) is 18.1. The predicted octanol–water partition coefficient (Wildman–Crippen LogP) is 1.43. The van der Waals surface area contributed by atoms with Gasteiger partial charge in [-0.2, -0.15) is 0 Å². The fourth-order valence-corrected chi connectivity index (χ4v) is 5.28. The van der Waals surface area contributed by atoms with Gasteiger partial charge in [0, 0.05) is 10.7 Å². The molecule has 2 aromatic carbocycles. The number of nitrogens with one attached hydrogen (secondary N) is 1. The number of hydrazine groups is 1. The topological polar surface area (TPSA) is 101 Å². The minimum atomic E-state index is -4.51. The van der Waals surface area contributed by atoms with Gasteiger partial charge >= 0.3 is 0 Å². The zero-order valence-electron chi connectivity index (χ0n) is 13.0. The molecule has 7 nitrogen and oxygen atoms in total. The minimum Gasteiger partial charge on any atom is -0.274 e. The standard InChI is InChI=1S/C15H16N2O5S2/c1-12-8-10-15(11-9-12)24(21,22)17(16-13(2)18)23(19,20)14-6-4-3-5-7-14/h3-11H,1-2H3,(H,16,18). The van der Waals surface area contributed by atoms with E-state index in [9.17, 15) is 21.6 Å². The zero-order chi connectivity index (χ0) is 18.0. The lowest BCUT2D eigenvalue weighted by atomic mass is 10.2. The second kappa shape index (κ2) is 6.71. The molecule has 0 saturated carbocycles. The number of carbonyl (C=O) groups is 1. The first-order valence-corrected chi connectivity index (χ1v) is 9.73. The molecule has 0 spiro atoms. The highest BCUT2D eigenvalue weighted by Gasteiger charge is 2.37. The summed E-state index contributed by atoms with van der Waals surface area (Å²) in [6.45, 7) is 2.79. The molecular formula is C15H16N2O5S2. The lowest BCUT2D eigenvalue weighted by molar-refractivity contribution is -0.120. The second-order valence-corrected chi connectivity index (χ2v) is 8.81. The van der Waals surface area contributed by atoms with E-state index in [2.05, 4.69) is 0 Å². The maximum Gasteiger partial charge on any atom is 0.274 e. The summed E-state index contributed by atoms with van der Waals surface area (Å²) in [5, 5.41) is 0. The van der Waals surface area contributed by atoms with Crippen LogP contribution in [-0.4, -0.2) is 26.6 Å². The van der Waals surface area contributed by atoms with Crippen LogP contribution in [0.2, 0.25) is 0 Å². The molecule has 0 aromatic heterocycles. The Morgan fingerprint density at radius 3 is 1.75 bits per heavy atom. The van der Waals surface area contributed by atoms with E-state index < -0.39 is 26.0 Å². The molecule has 0 aliphatic rings. The van der Waals surface area contributed by atoms with Crippen molar-refractivity contribution in [3.05, 3.63) is 60.2 Å². The smallest absolute Gasteiger partial charge is 0.274 e. The predicted molar refractivity (Wildman–Crippen MR) is 87.6 cm³/mol. The van der Waals surface area contributed by atoms with Crippen LogP contribution in [0.15, 0.2) is 64.4 Å². The molecule has 0 aliphatic carbocycles. The van der Waals surface area contributed by atoms with E-state index in [1.165, 1.54) is 48.5 Å². The van der Waals surface area contributed by atoms with E-state index in [4.69, 9.17) is 0 Å². The monoisotopic (exact) mass is 368 g/mol. The molecule has 0 bridgehead atoms. The van der Waals surface area contributed by atoms with Crippen LogP contribution in [-0.2, 0) is 24.8 Å². The van der Waals surface area contributed by atoms with Gasteiger partial charge < -0.3 is 0 Å². The fraction of sp³-hybridized carbons (Fsp3) is 0.133. The number of hydrogen-bond donors (Lipinski definition) is 1. The molecule has 1 amide bonds. The molecule has 0 aliphatic heterocycles. The summed E-state index contributed by atoms with van der Waals surface area (Å²) in [4.78, 5) is 10.9. The Hall–Kier alpha value is -2.23. The van der Waals surface area contributed by atoms with Gasteiger partial charge in [0.05, 0.1) is 9.79 Å². The maximum absolute atomic E-state index is 12.7. The summed E-state index contributed by atoms with van der Waals surface area (Å²) in [5.41, 5.74) is 2.70. The Morgan fingerprint density at radius 2 is 1.29 bits per heavy atom. The largest absolute Gasteiger partial charge is 0.274 e. The molecule has 128 valence electrons. The number of benzene rings is 2. The van der Waals surface area contributed by atoms with Crippen molar-refractivity contribution in [3.63, 3.8) is 0 Å². The molecule has 0 saturated heterocycles. The van der Waals surface area contributed by atoms with Gasteiger partial charge in [-0.25, -0.2) is 16.8 Å². The minimum absolute atomic E-state index is 0.00231. The second-order valence-electron chi connectivity index (χ2n) is 5.00. The number of amides is 1. The van der Waals surface area contributed by atoms with Gasteiger partial charge in [0.1, 0.15) is 0 Å². The van der Waals surface area contributed by atoms with E-state index in [-0.39, 0.29) is 13.6 Å². The Morgan fingerprint density at radius 1 is 0.833 bits per heavy atom. The van der Waals surface area contributed by atoms with Crippen LogP contribution in [0.3, 0.4) is 0 Å². The summed E-state index contributed by atoms with van der Waals surface area (Å²) >= 11 is 0. The maximum atomic E-state index is 12.7. The van der Waals surface area contributed by atoms with Crippen molar-refractivity contribution in [2.24, 2.45) is 0 Å². The Balaban J connectivity index is 2.61. The summed E-state index contributed by atoms with van der Waals surface area (Å²) in [7, 11) is -9.00. The van der Waals surface area contributed by atoms with Crippen LogP contribution in [0, 0.1) is 6.92 Å². The van der Waals surface area contributed by atoms with Crippen molar-refractivity contribution in [3.8, 4) is 0 Å². The van der Waals surface area contributed by atoms with Crippen LogP contribution >= 0.6 is 0 Å². The van der Waals surface area contributed by atoms with Crippen LogP contribution in [0.25, 0.3) is 0 Å². The van der Waals surface area contributed by atoms with Crippen LogP contribution < -0.4 is 5.43 Å². The normalized spacial score (nSPS) is 12.1. The molecule has 2 rings (SSSR count). The van der Waals surface area contributed by atoms with Gasteiger partial charge in [0.2, 0.25) is 5.91 Å². The highest BCUT2D eigenvalue weighted by atomic mass is 32.3. The lowest BCUT2D eigenvalue weighted by Crippen LogP contribution is -2.48. The zero-order valence-corrected chi connectivity index (χ0v) is 14.6. The van der Waals surface area contributed by atoms with E-state index in [0.29, 0.717) is 0 Å². The summed E-state index contributed by atoms with van der Waals surface area (Å²) in [6, 6.07) is 12.6. The van der Waals surface area contributed by atoms with Crippen molar-refractivity contribution in [2.75, 3.05) is 0 Å². The molecule has 0 atom stereocenters. The van der Waals surface area contributed by atoms with Crippen molar-refractivity contribution in [2.45, 2.75) is 23.6 Å². The molecule has 1 N–H and O–H groups in total. The highest BCUT2D eigenvalue weighted by Crippen LogP contribution is 2.22. The number of carbonyl (C=O) groups excluding carboxylic acids is 1. The van der Waals surface area contributed by atoms with Crippen LogP contribution in [0.1, 0.15) is 12.5 Å². The first-order chi connectivity index (χ1) is 11.2. The average molecular weight is 368 g/mol. The summed E-state index contributed by atoms with van der Waals surface area (Å²) in [5.74, 6) is -0.829. The van der Waals surface area contributed by atoms with E-state index in [1.54, 1.807) is 13.0 Å². The molecule has 0 heterocycles. The fourth-order valence-electron chi connectivity index (χ4n) is 1.87. The van der Waals surface area contributed by atoms with Gasteiger partial charge in [-0.15, -0.1) is 0 Å². The number of rotatable bonds is 5. The molecule has 2 aromatic rings. The highest BCUT2D eigenvalue weighted by molar-refractivity contribution is 8.04. The lowest BCUT2D eigenvalue weighted by Gasteiger charge is -2.21. The summed E-state index contributed by atoms with van der Waals surface area (Å²) in [6.07, 6.45) is 0. The van der Waals surface area contributed by atoms with Crippen molar-refractivity contribution < 1.29 is 21.6 Å². The van der Waals surface area contributed by atoms with Gasteiger partial charge in [-0.3, -0.25) is 10.2 Å². The molecular weight excluding hydrogens is 352 g/mol. The third-order valence-corrected chi connectivity index (χ3v) is 7.01. The van der Waals surface area contributed by atoms with Gasteiger partial charge in [-0.1, -0.05) is 35.9 Å². The molecule has 0 fully saturated rings. The third-order valence-electron chi connectivity index (χ3n) is 3.05. The first-order valence-electron chi connectivity index (χ1n) is 6.85. The van der Waals surface area contributed by atoms with Crippen LogP contribution in [0.4, 0.5) is 0 Å². The van der Waals surface area contributed by atoms with Gasteiger partial charge in [-0.05, 0) is 31.2 Å². The van der Waals surface area contributed by atoms with Crippen molar-refractivity contribution in [1.82, 2.24) is 9.25 Å².